The second-order valence-corrected chi connectivity index (χ2v) is 7.52. The van der Waals surface area contributed by atoms with Crippen LogP contribution in [0, 0.1) is 6.92 Å². The molecule has 7 nitrogen and oxygen atoms in total. The minimum absolute atomic E-state index is 0.170. The second-order valence-electron chi connectivity index (χ2n) is 7.52. The van der Waals surface area contributed by atoms with Crippen LogP contribution < -0.4 is 5.73 Å². The number of fused-ring (bicyclic) bond motifs is 2. The van der Waals surface area contributed by atoms with Crippen LogP contribution in [-0.4, -0.2) is 35.6 Å². The third-order valence-corrected chi connectivity index (χ3v) is 5.36. The molecule has 0 radical (unpaired) electrons. The summed E-state index contributed by atoms with van der Waals surface area (Å²) in [5.74, 6) is 0.677. The number of aryl methyl sites for hydroxylation is 1. The minimum Gasteiger partial charge on any atom is -0.367 e. The molecule has 1 aliphatic rings. The Hall–Kier alpha value is -3.36. The number of halogens is 2. The normalized spacial score (nSPS) is 13.5. The maximum Gasteiger partial charge on any atom is 0.256 e. The summed E-state index contributed by atoms with van der Waals surface area (Å²) in [5.41, 5.74) is 8.96. The molecule has 0 saturated heterocycles. The van der Waals surface area contributed by atoms with E-state index < -0.39 is 13.0 Å². The highest BCUT2D eigenvalue weighted by Crippen LogP contribution is 2.27. The maximum atomic E-state index is 12.8. The van der Waals surface area contributed by atoms with Gasteiger partial charge >= 0.3 is 0 Å². The summed E-state index contributed by atoms with van der Waals surface area (Å²) in [5, 5.41) is 4.09. The van der Waals surface area contributed by atoms with E-state index in [9.17, 15) is 8.78 Å². The van der Waals surface area contributed by atoms with Gasteiger partial charge in [-0.25, -0.2) is 28.2 Å². The lowest BCUT2D eigenvalue weighted by atomic mass is 10.0. The Bertz CT molecular complexity index is 1150. The van der Waals surface area contributed by atoms with Gasteiger partial charge in [-0.1, -0.05) is 38.5 Å². The summed E-state index contributed by atoms with van der Waals surface area (Å²) < 4.78 is 28.7. The van der Waals surface area contributed by atoms with Gasteiger partial charge in [0.25, 0.3) is 6.43 Å². The number of pyridine rings is 1. The number of hydrogen-bond donors (Lipinski definition) is 1. The summed E-state index contributed by atoms with van der Waals surface area (Å²) in [7, 11) is 0. The fourth-order valence-corrected chi connectivity index (χ4v) is 3.85. The van der Waals surface area contributed by atoms with Crippen molar-refractivity contribution < 1.29 is 8.78 Å². The number of nitrogens with two attached hydrogens (primary N) is 1. The molecule has 0 bridgehead atoms. The van der Waals surface area contributed by atoms with Crippen molar-refractivity contribution in [2.24, 2.45) is 0 Å². The molecular weight excluding hydrogens is 412 g/mol. The number of alkyl halides is 2. The van der Waals surface area contributed by atoms with E-state index in [2.05, 4.69) is 33.2 Å². The number of imidazole rings is 1. The number of nitrogens with zero attached hydrogens (tertiary/aromatic N) is 6. The van der Waals surface area contributed by atoms with Gasteiger partial charge in [-0.05, 0) is 19.1 Å². The first-order chi connectivity index (χ1) is 15.5. The van der Waals surface area contributed by atoms with E-state index in [-0.39, 0.29) is 5.95 Å². The molecule has 0 unspecified atom stereocenters. The minimum atomic E-state index is -2.46. The SMILES string of the molecule is C1CCCCC1.C=C.Cc1nc2ncc(-c3ccn4nc(N)ncc34)cc2n1CC(F)F. The summed E-state index contributed by atoms with van der Waals surface area (Å²) in [6.45, 7) is 7.28. The molecule has 170 valence electrons. The van der Waals surface area contributed by atoms with Gasteiger partial charge in [0.15, 0.2) is 5.65 Å². The van der Waals surface area contributed by atoms with Crippen molar-refractivity contribution in [2.75, 3.05) is 5.73 Å². The van der Waals surface area contributed by atoms with Gasteiger partial charge in [-0.3, -0.25) is 0 Å². The van der Waals surface area contributed by atoms with Crippen LogP contribution in [0.1, 0.15) is 44.3 Å². The Labute approximate surface area is 186 Å². The van der Waals surface area contributed by atoms with Crippen molar-refractivity contribution in [3.63, 3.8) is 0 Å². The molecule has 1 saturated carbocycles. The first-order valence-corrected chi connectivity index (χ1v) is 10.7. The quantitative estimate of drug-likeness (QED) is 0.428. The summed E-state index contributed by atoms with van der Waals surface area (Å²) in [6.07, 6.45) is 11.6. The average molecular weight is 442 g/mol. The molecule has 5 rings (SSSR count). The smallest absolute Gasteiger partial charge is 0.256 e. The number of rotatable bonds is 3. The lowest BCUT2D eigenvalue weighted by Crippen LogP contribution is -2.08. The van der Waals surface area contributed by atoms with Crippen molar-refractivity contribution in [2.45, 2.75) is 58.4 Å². The Balaban J connectivity index is 0.000000309. The van der Waals surface area contributed by atoms with Gasteiger partial charge in [0.1, 0.15) is 5.82 Å². The van der Waals surface area contributed by atoms with Crippen LogP contribution in [0.25, 0.3) is 27.8 Å². The lowest BCUT2D eigenvalue weighted by Gasteiger charge is -2.06. The summed E-state index contributed by atoms with van der Waals surface area (Å²) >= 11 is 0. The third kappa shape index (κ3) is 5.27. The van der Waals surface area contributed by atoms with E-state index in [0.717, 1.165) is 16.6 Å². The van der Waals surface area contributed by atoms with Crippen molar-refractivity contribution in [3.8, 4) is 11.1 Å². The first-order valence-electron chi connectivity index (χ1n) is 10.7. The van der Waals surface area contributed by atoms with Crippen LogP contribution >= 0.6 is 0 Å². The third-order valence-electron chi connectivity index (χ3n) is 5.36. The highest BCUT2D eigenvalue weighted by atomic mass is 19.3. The van der Waals surface area contributed by atoms with Gasteiger partial charge in [-0.15, -0.1) is 18.3 Å². The Kier molecular flexibility index (Phi) is 7.86. The van der Waals surface area contributed by atoms with E-state index in [1.165, 1.54) is 43.1 Å². The van der Waals surface area contributed by atoms with Gasteiger partial charge in [0.05, 0.1) is 23.8 Å². The van der Waals surface area contributed by atoms with E-state index in [0.29, 0.717) is 17.0 Å². The monoisotopic (exact) mass is 441 g/mol. The van der Waals surface area contributed by atoms with Crippen molar-refractivity contribution in [1.82, 2.24) is 29.1 Å². The maximum absolute atomic E-state index is 12.8. The fourth-order valence-electron chi connectivity index (χ4n) is 3.85. The van der Waals surface area contributed by atoms with E-state index in [4.69, 9.17) is 5.73 Å². The molecule has 32 heavy (non-hydrogen) atoms. The van der Waals surface area contributed by atoms with E-state index >= 15 is 0 Å². The van der Waals surface area contributed by atoms with E-state index in [1.807, 2.05) is 6.07 Å². The van der Waals surface area contributed by atoms with E-state index in [1.54, 1.807) is 36.1 Å². The number of hydrogen-bond acceptors (Lipinski definition) is 5. The highest BCUT2D eigenvalue weighted by molar-refractivity contribution is 5.85. The fraction of sp³-hybridized carbons (Fsp3) is 0.391. The standard InChI is InChI=1S/C15H13F2N7.C6H12.C2H4/c1-8-21-14-11(23(8)7-13(16)17)4-9(5-19-14)10-2-3-24-12(10)6-20-15(18)22-24;1-2-4-6-5-3-1;1-2/h2-6,13H,7H2,1H3,(H2,18,22);1-6H2;1-2H2. The molecular formula is C23H29F2N7. The zero-order valence-electron chi connectivity index (χ0n) is 18.3. The topological polar surface area (TPSA) is 86.9 Å². The largest absolute Gasteiger partial charge is 0.367 e. The molecule has 0 aromatic carbocycles. The zero-order valence-corrected chi connectivity index (χ0v) is 18.3. The van der Waals surface area contributed by atoms with Gasteiger partial charge in [0, 0.05) is 23.5 Å². The zero-order chi connectivity index (χ0) is 23.1. The number of nitrogen functional groups attached to an aromatic ring is 1. The van der Waals surface area contributed by atoms with Crippen LogP contribution in [0.4, 0.5) is 14.7 Å². The summed E-state index contributed by atoms with van der Waals surface area (Å²) in [4.78, 5) is 12.5. The molecule has 4 aromatic rings. The van der Waals surface area contributed by atoms with Crippen LogP contribution in [0.3, 0.4) is 0 Å². The molecule has 0 aliphatic heterocycles. The lowest BCUT2D eigenvalue weighted by molar-refractivity contribution is 0.127. The number of aromatic nitrogens is 6. The van der Waals surface area contributed by atoms with Gasteiger partial charge < -0.3 is 10.3 Å². The molecule has 9 heteroatoms. The Morgan fingerprint density at radius 2 is 1.69 bits per heavy atom. The molecule has 4 aromatic heterocycles. The molecule has 1 fully saturated rings. The molecule has 0 atom stereocenters. The van der Waals surface area contributed by atoms with Crippen LogP contribution in [-0.2, 0) is 6.54 Å². The molecule has 0 amide bonds. The van der Waals surface area contributed by atoms with Crippen LogP contribution in [0.2, 0.25) is 0 Å². The van der Waals surface area contributed by atoms with Crippen LogP contribution in [0.15, 0.2) is 43.9 Å². The highest BCUT2D eigenvalue weighted by Gasteiger charge is 2.15. The van der Waals surface area contributed by atoms with Crippen LogP contribution in [0.5, 0.6) is 0 Å². The molecule has 1 aliphatic carbocycles. The Morgan fingerprint density at radius 3 is 2.31 bits per heavy atom. The predicted molar refractivity (Wildman–Crippen MR) is 124 cm³/mol. The van der Waals surface area contributed by atoms with Gasteiger partial charge in [0.2, 0.25) is 5.95 Å². The summed E-state index contributed by atoms with van der Waals surface area (Å²) in [6, 6.07) is 3.66. The molecule has 4 heterocycles. The Morgan fingerprint density at radius 1 is 1.03 bits per heavy atom. The second kappa shape index (κ2) is 10.8. The van der Waals surface area contributed by atoms with Crippen molar-refractivity contribution in [1.29, 1.82) is 0 Å². The molecule has 2 N–H and O–H groups in total. The number of anilines is 1. The van der Waals surface area contributed by atoms with Crippen molar-refractivity contribution in [3.05, 3.63) is 49.7 Å². The molecule has 0 spiro atoms. The van der Waals surface area contributed by atoms with Crippen molar-refractivity contribution >= 4 is 22.6 Å². The average Bonchev–Trinajstić information content (AvgIpc) is 3.36. The van der Waals surface area contributed by atoms with Gasteiger partial charge in [-0.2, -0.15) is 0 Å². The first kappa shape index (κ1) is 23.3. The predicted octanol–water partition coefficient (Wildman–Crippen LogP) is 5.44.